The molecule has 16 heteroatoms. The fourth-order valence-electron chi connectivity index (χ4n) is 9.26. The monoisotopic (exact) mass is 789 g/mol. The van der Waals surface area contributed by atoms with E-state index in [-0.39, 0.29) is 41.3 Å². The van der Waals surface area contributed by atoms with Crippen LogP contribution in [0.4, 0.5) is 0 Å². The van der Waals surface area contributed by atoms with Gasteiger partial charge in [0.25, 0.3) is 17.7 Å². The van der Waals surface area contributed by atoms with Crippen LogP contribution >= 0.6 is 0 Å². The highest BCUT2D eigenvalue weighted by Crippen LogP contribution is 2.32. The van der Waals surface area contributed by atoms with E-state index in [0.29, 0.717) is 73.8 Å². The van der Waals surface area contributed by atoms with E-state index >= 15 is 0 Å². The first kappa shape index (κ1) is 41.1. The summed E-state index contributed by atoms with van der Waals surface area (Å²) >= 11 is 0. The molecular formula is C41H64N12O4. The Morgan fingerprint density at radius 3 is 1.96 bits per heavy atom. The van der Waals surface area contributed by atoms with Gasteiger partial charge in [-0.15, -0.1) is 0 Å². The molecule has 1 fully saturated rings. The molecule has 0 aliphatic carbocycles. The summed E-state index contributed by atoms with van der Waals surface area (Å²) in [6.07, 6.45) is 2.68. The number of amides is 3. The van der Waals surface area contributed by atoms with Crippen LogP contribution in [0.5, 0.6) is 0 Å². The highest BCUT2D eigenvalue weighted by Gasteiger charge is 2.38. The van der Waals surface area contributed by atoms with Gasteiger partial charge in [0.1, 0.15) is 5.69 Å². The SMILES string of the molecule is CC(CC1CN(C(C)C)Cc2cc(C(=O)N3CCC(C4CN(C(C)C)Cc5cc(C(=O)N(C)O)nn5C4)C3)nn2C1)NC(=O)c1cc2n(n1)CCCN(C(C)C)C2. The van der Waals surface area contributed by atoms with Gasteiger partial charge in [0.05, 0.1) is 17.1 Å². The standard InChI is InChI=1S/C41H64N12O4/c1-26(2)47-11-9-12-51-33(23-47)15-36(43-51)39(54)42-29(7)14-30-18-49(27(3)4)24-34-17-38(45-52(34)19-30)41(56)48-13-10-31(20-48)32-21-50(28(5)6)25-35-16-37(40(55)46(8)57)44-53(35)22-32/h15-17,26-32,57H,9-14,18-25H2,1-8H3,(H,42,54). The summed E-state index contributed by atoms with van der Waals surface area (Å²) < 4.78 is 5.96. The third kappa shape index (κ3) is 9.13. The minimum atomic E-state index is -0.527. The Morgan fingerprint density at radius 2 is 1.28 bits per heavy atom. The smallest absolute Gasteiger partial charge is 0.297 e. The second kappa shape index (κ2) is 17.0. The van der Waals surface area contributed by atoms with Crippen molar-refractivity contribution in [1.29, 1.82) is 0 Å². The summed E-state index contributed by atoms with van der Waals surface area (Å²) in [5.74, 6) is 0.0396. The molecule has 3 amide bonds. The van der Waals surface area contributed by atoms with Crippen LogP contribution in [0.3, 0.4) is 0 Å². The molecular weight excluding hydrogens is 725 g/mol. The van der Waals surface area contributed by atoms with Crippen LogP contribution in [0.25, 0.3) is 0 Å². The molecule has 3 aromatic rings. The number of carbonyl (C=O) groups is 3. The number of nitrogens with zero attached hydrogens (tertiary/aromatic N) is 11. The van der Waals surface area contributed by atoms with Crippen molar-refractivity contribution in [3.05, 3.63) is 52.4 Å². The molecule has 4 unspecified atom stereocenters. The number of hydroxylamine groups is 2. The Hall–Kier alpha value is -4.12. The minimum absolute atomic E-state index is 0.0330. The molecule has 0 spiro atoms. The molecule has 0 aromatic carbocycles. The van der Waals surface area contributed by atoms with Crippen LogP contribution in [0.2, 0.25) is 0 Å². The fraction of sp³-hybridized carbons (Fsp3) is 0.707. The number of likely N-dealkylation sites (tertiary alicyclic amines) is 1. The quantitative estimate of drug-likeness (QED) is 0.231. The van der Waals surface area contributed by atoms with Crippen molar-refractivity contribution >= 4 is 17.7 Å². The first-order valence-electron chi connectivity index (χ1n) is 21.1. The number of hydrogen-bond acceptors (Lipinski definition) is 10. The van der Waals surface area contributed by atoms with Gasteiger partial charge in [0, 0.05) is 103 Å². The van der Waals surface area contributed by atoms with Gasteiger partial charge >= 0.3 is 0 Å². The van der Waals surface area contributed by atoms with Crippen molar-refractivity contribution < 1.29 is 19.6 Å². The van der Waals surface area contributed by atoms with Gasteiger partial charge in [-0.3, -0.25) is 48.3 Å². The molecule has 0 radical (unpaired) electrons. The van der Waals surface area contributed by atoms with Crippen LogP contribution in [0.1, 0.15) is 116 Å². The molecule has 7 rings (SSSR count). The van der Waals surface area contributed by atoms with Gasteiger partial charge < -0.3 is 10.2 Å². The van der Waals surface area contributed by atoms with Gasteiger partial charge in [0.15, 0.2) is 11.4 Å². The molecule has 312 valence electrons. The summed E-state index contributed by atoms with van der Waals surface area (Å²) in [4.78, 5) is 49.3. The topological polar surface area (TPSA) is 153 Å². The Labute approximate surface area is 337 Å². The third-order valence-corrected chi connectivity index (χ3v) is 12.7. The fourth-order valence-corrected chi connectivity index (χ4v) is 9.26. The highest BCUT2D eigenvalue weighted by atomic mass is 16.5. The average Bonchev–Trinajstić information content (AvgIpc) is 3.91. The maximum atomic E-state index is 14.1. The maximum absolute atomic E-state index is 14.1. The van der Waals surface area contributed by atoms with Crippen molar-refractivity contribution in [2.45, 2.75) is 131 Å². The van der Waals surface area contributed by atoms with Gasteiger partial charge in [0.2, 0.25) is 0 Å². The second-order valence-corrected chi connectivity index (χ2v) is 18.0. The summed E-state index contributed by atoms with van der Waals surface area (Å²) in [6, 6.07) is 6.71. The number of aromatic nitrogens is 6. The lowest BCUT2D eigenvalue weighted by Crippen LogP contribution is -2.39. The van der Waals surface area contributed by atoms with Gasteiger partial charge in [-0.2, -0.15) is 15.3 Å². The first-order chi connectivity index (χ1) is 27.1. The molecule has 4 atom stereocenters. The molecule has 16 nitrogen and oxygen atoms in total. The largest absolute Gasteiger partial charge is 0.348 e. The van der Waals surface area contributed by atoms with E-state index in [1.807, 2.05) is 31.1 Å². The Kier molecular flexibility index (Phi) is 12.2. The van der Waals surface area contributed by atoms with Crippen LogP contribution in [0.15, 0.2) is 18.2 Å². The van der Waals surface area contributed by atoms with Crippen LogP contribution in [-0.2, 0) is 39.3 Å². The lowest BCUT2D eigenvalue weighted by atomic mass is 9.90. The average molecular weight is 789 g/mol. The van der Waals surface area contributed by atoms with Crippen molar-refractivity contribution in [2.24, 2.45) is 17.8 Å². The predicted octanol–water partition coefficient (Wildman–Crippen LogP) is 3.40. The zero-order valence-corrected chi connectivity index (χ0v) is 35.3. The Balaban J connectivity index is 0.997. The van der Waals surface area contributed by atoms with Gasteiger partial charge in [-0.25, -0.2) is 5.06 Å². The molecule has 3 aromatic heterocycles. The number of carbonyl (C=O) groups excluding carboxylic acids is 3. The first-order valence-corrected chi connectivity index (χ1v) is 21.1. The molecule has 0 bridgehead atoms. The van der Waals surface area contributed by atoms with Crippen molar-refractivity contribution in [2.75, 3.05) is 39.8 Å². The molecule has 4 aliphatic heterocycles. The minimum Gasteiger partial charge on any atom is -0.348 e. The molecule has 4 aliphatic rings. The molecule has 2 N–H and O–H groups in total. The zero-order chi connectivity index (χ0) is 40.7. The van der Waals surface area contributed by atoms with E-state index in [9.17, 15) is 19.6 Å². The van der Waals surface area contributed by atoms with E-state index in [0.717, 1.165) is 69.1 Å². The summed E-state index contributed by atoms with van der Waals surface area (Å²) in [6.45, 7) is 23.7. The summed E-state index contributed by atoms with van der Waals surface area (Å²) in [7, 11) is 1.31. The van der Waals surface area contributed by atoms with Crippen LogP contribution in [-0.4, -0.2) is 141 Å². The van der Waals surface area contributed by atoms with E-state index in [1.54, 1.807) is 6.07 Å². The van der Waals surface area contributed by atoms with Crippen molar-refractivity contribution in [3.63, 3.8) is 0 Å². The third-order valence-electron chi connectivity index (χ3n) is 12.7. The zero-order valence-electron chi connectivity index (χ0n) is 35.3. The molecule has 1 saturated heterocycles. The van der Waals surface area contributed by atoms with Crippen molar-refractivity contribution in [3.8, 4) is 0 Å². The number of hydrogen-bond donors (Lipinski definition) is 2. The number of nitrogens with one attached hydrogen (secondary N) is 1. The molecule has 0 saturated carbocycles. The Morgan fingerprint density at radius 1 is 0.702 bits per heavy atom. The van der Waals surface area contributed by atoms with Crippen molar-refractivity contribution in [1.82, 2.24) is 59.3 Å². The predicted molar refractivity (Wildman–Crippen MR) is 214 cm³/mol. The Bertz CT molecular complexity index is 1910. The summed E-state index contributed by atoms with van der Waals surface area (Å²) in [5, 5.41) is 27.8. The van der Waals surface area contributed by atoms with Crippen LogP contribution in [0, 0.1) is 17.8 Å². The lowest BCUT2D eigenvalue weighted by Gasteiger charge is -2.30. The molecule has 57 heavy (non-hydrogen) atoms. The number of fused-ring (bicyclic) bond motifs is 3. The van der Waals surface area contributed by atoms with E-state index in [1.165, 1.54) is 7.05 Å². The van der Waals surface area contributed by atoms with E-state index in [4.69, 9.17) is 10.2 Å². The van der Waals surface area contributed by atoms with E-state index < -0.39 is 5.91 Å². The van der Waals surface area contributed by atoms with E-state index in [2.05, 4.69) is 73.6 Å². The van der Waals surface area contributed by atoms with Gasteiger partial charge in [-0.1, -0.05) is 0 Å². The summed E-state index contributed by atoms with van der Waals surface area (Å²) in [5.41, 5.74) is 4.29. The lowest BCUT2D eigenvalue weighted by molar-refractivity contribution is -0.0380. The maximum Gasteiger partial charge on any atom is 0.297 e. The highest BCUT2D eigenvalue weighted by molar-refractivity contribution is 5.93. The van der Waals surface area contributed by atoms with Crippen LogP contribution < -0.4 is 5.32 Å². The number of aryl methyl sites for hydroxylation is 1. The molecule has 7 heterocycles. The normalized spacial score (nSPS) is 22.9. The number of rotatable bonds is 10. The van der Waals surface area contributed by atoms with Gasteiger partial charge in [-0.05, 0) is 104 Å². The second-order valence-electron chi connectivity index (χ2n) is 18.0.